The number of nitrogens with zero attached hydrogens (tertiary/aromatic N) is 1. The molecule has 0 radical (unpaired) electrons. The molecule has 3 rings (SSSR count). The van der Waals surface area contributed by atoms with Crippen LogP contribution >= 0.6 is 0 Å². The molecule has 2 aromatic carbocycles. The zero-order chi connectivity index (χ0) is 21.2. The van der Waals surface area contributed by atoms with Gasteiger partial charge in [-0.15, -0.1) is 0 Å². The lowest BCUT2D eigenvalue weighted by Gasteiger charge is -2.17. The highest BCUT2D eigenvalue weighted by Gasteiger charge is 2.24. The molecule has 0 bridgehead atoms. The molecular formula is C22H21F3N2O2. The lowest BCUT2D eigenvalue weighted by molar-refractivity contribution is -0.118. The van der Waals surface area contributed by atoms with E-state index < -0.39 is 6.18 Å². The first-order valence-corrected chi connectivity index (χ1v) is 9.29. The van der Waals surface area contributed by atoms with Crippen LogP contribution in [0.15, 0.2) is 42.5 Å². The molecule has 1 aliphatic heterocycles. The first-order chi connectivity index (χ1) is 13.7. The van der Waals surface area contributed by atoms with E-state index in [1.54, 1.807) is 24.0 Å². The van der Waals surface area contributed by atoms with Crippen LogP contribution in [0.4, 0.5) is 24.5 Å². The molecule has 2 amide bonds. The molecule has 0 atom stereocenters. The lowest BCUT2D eigenvalue weighted by Crippen LogP contribution is -2.27. The molecule has 0 aromatic heterocycles. The van der Waals surface area contributed by atoms with Gasteiger partial charge < -0.3 is 10.2 Å². The fourth-order valence-corrected chi connectivity index (χ4v) is 3.34. The van der Waals surface area contributed by atoms with Crippen LogP contribution in [0.5, 0.6) is 0 Å². The van der Waals surface area contributed by atoms with Gasteiger partial charge in [-0.3, -0.25) is 9.59 Å². The van der Waals surface area contributed by atoms with Gasteiger partial charge in [-0.05, 0) is 48.2 Å². The maximum Gasteiger partial charge on any atom is 0.409 e. The zero-order valence-corrected chi connectivity index (χ0v) is 16.1. The van der Waals surface area contributed by atoms with E-state index in [0.29, 0.717) is 35.3 Å². The van der Waals surface area contributed by atoms with Crippen molar-refractivity contribution in [1.82, 2.24) is 0 Å². The standard InChI is InChI=1S/C22H21F3N2O2/c1-3-20(28)27-11-9-16-5-6-17(13-19(16)27)26-21(29)18-7-4-15(12-14(18)2)8-10-22(23,24)25/h4-8,10,12-13H,3,9,11H2,1-2H3,(H,26,29). The van der Waals surface area contributed by atoms with E-state index in [4.69, 9.17) is 0 Å². The van der Waals surface area contributed by atoms with Crippen LogP contribution in [0.2, 0.25) is 0 Å². The van der Waals surface area contributed by atoms with Gasteiger partial charge >= 0.3 is 6.18 Å². The van der Waals surface area contributed by atoms with Gasteiger partial charge in [-0.1, -0.05) is 31.2 Å². The molecular weight excluding hydrogens is 381 g/mol. The Bertz CT molecular complexity index is 981. The number of nitrogens with one attached hydrogen (secondary N) is 1. The van der Waals surface area contributed by atoms with Crippen molar-refractivity contribution in [3.63, 3.8) is 0 Å². The SMILES string of the molecule is CCC(=O)N1CCc2ccc(NC(=O)c3ccc(C=CC(F)(F)F)cc3C)cc21. The van der Waals surface area contributed by atoms with Crippen molar-refractivity contribution in [3.8, 4) is 0 Å². The zero-order valence-electron chi connectivity index (χ0n) is 16.1. The van der Waals surface area contributed by atoms with E-state index in [0.717, 1.165) is 23.7 Å². The van der Waals surface area contributed by atoms with Crippen molar-refractivity contribution >= 4 is 29.3 Å². The number of benzene rings is 2. The number of halogens is 3. The normalized spacial score (nSPS) is 13.6. The molecule has 152 valence electrons. The number of carbonyl (C=O) groups excluding carboxylic acids is 2. The van der Waals surface area contributed by atoms with Crippen molar-refractivity contribution in [2.75, 3.05) is 16.8 Å². The van der Waals surface area contributed by atoms with Crippen molar-refractivity contribution in [2.24, 2.45) is 0 Å². The topological polar surface area (TPSA) is 49.4 Å². The predicted octanol–water partition coefficient (Wildman–Crippen LogP) is 5.12. The van der Waals surface area contributed by atoms with Gasteiger partial charge in [-0.25, -0.2) is 0 Å². The van der Waals surface area contributed by atoms with E-state index in [-0.39, 0.29) is 17.9 Å². The molecule has 29 heavy (non-hydrogen) atoms. The van der Waals surface area contributed by atoms with E-state index >= 15 is 0 Å². The summed E-state index contributed by atoms with van der Waals surface area (Å²) in [4.78, 5) is 26.5. The molecule has 4 nitrogen and oxygen atoms in total. The minimum absolute atomic E-state index is 0.0329. The third kappa shape index (κ3) is 4.85. The summed E-state index contributed by atoms with van der Waals surface area (Å²) in [5.41, 5.74) is 3.72. The number of rotatable bonds is 4. The number of alkyl halides is 3. The molecule has 0 saturated heterocycles. The van der Waals surface area contributed by atoms with Gasteiger partial charge in [0.05, 0.1) is 0 Å². The van der Waals surface area contributed by atoms with Gasteiger partial charge in [0.2, 0.25) is 5.91 Å². The molecule has 2 aromatic rings. The molecule has 0 unspecified atom stereocenters. The van der Waals surface area contributed by atoms with Gasteiger partial charge in [-0.2, -0.15) is 13.2 Å². The number of hydrogen-bond acceptors (Lipinski definition) is 2. The largest absolute Gasteiger partial charge is 0.409 e. The Balaban J connectivity index is 1.77. The van der Waals surface area contributed by atoms with E-state index in [1.165, 1.54) is 18.2 Å². The van der Waals surface area contributed by atoms with Gasteiger partial charge in [0, 0.05) is 36.0 Å². The third-order valence-electron chi connectivity index (χ3n) is 4.80. The molecule has 0 saturated carbocycles. The molecule has 0 fully saturated rings. The predicted molar refractivity (Wildman–Crippen MR) is 107 cm³/mol. The van der Waals surface area contributed by atoms with Crippen LogP contribution in [-0.2, 0) is 11.2 Å². The Kier molecular flexibility index (Phi) is 5.77. The number of amides is 2. The van der Waals surface area contributed by atoms with Crippen LogP contribution in [0, 0.1) is 6.92 Å². The highest BCUT2D eigenvalue weighted by molar-refractivity contribution is 6.06. The fourth-order valence-electron chi connectivity index (χ4n) is 3.34. The minimum Gasteiger partial charge on any atom is -0.322 e. The minimum atomic E-state index is -4.38. The number of fused-ring (bicyclic) bond motifs is 1. The molecule has 0 spiro atoms. The Morgan fingerprint density at radius 2 is 1.93 bits per heavy atom. The van der Waals surface area contributed by atoms with Crippen molar-refractivity contribution in [2.45, 2.75) is 32.9 Å². The Morgan fingerprint density at radius 3 is 2.59 bits per heavy atom. The first-order valence-electron chi connectivity index (χ1n) is 9.29. The van der Waals surface area contributed by atoms with Gasteiger partial charge in [0.1, 0.15) is 0 Å². The fraction of sp³-hybridized carbons (Fsp3) is 0.273. The molecule has 1 N–H and O–H groups in total. The second-order valence-corrected chi connectivity index (χ2v) is 6.90. The molecule has 0 aliphatic carbocycles. The summed E-state index contributed by atoms with van der Waals surface area (Å²) in [5.74, 6) is -0.328. The summed E-state index contributed by atoms with van der Waals surface area (Å²) in [7, 11) is 0. The monoisotopic (exact) mass is 402 g/mol. The first kappa shape index (κ1) is 20.6. The second-order valence-electron chi connectivity index (χ2n) is 6.90. The summed E-state index contributed by atoms with van der Waals surface area (Å²) >= 11 is 0. The number of aryl methyl sites for hydroxylation is 1. The highest BCUT2D eigenvalue weighted by Crippen LogP contribution is 2.31. The van der Waals surface area contributed by atoms with Crippen LogP contribution < -0.4 is 10.2 Å². The molecule has 7 heteroatoms. The quantitative estimate of drug-likeness (QED) is 0.772. The number of anilines is 2. The Labute approximate surface area is 167 Å². The summed E-state index contributed by atoms with van der Waals surface area (Å²) in [6, 6.07) is 9.96. The van der Waals surface area contributed by atoms with E-state index in [2.05, 4.69) is 5.32 Å². The summed E-state index contributed by atoms with van der Waals surface area (Å²) in [6.07, 6.45) is -2.07. The summed E-state index contributed by atoms with van der Waals surface area (Å²) in [5, 5.41) is 2.81. The van der Waals surface area contributed by atoms with Crippen LogP contribution in [0.25, 0.3) is 6.08 Å². The van der Waals surface area contributed by atoms with Crippen LogP contribution in [-0.4, -0.2) is 24.5 Å². The molecule has 1 aliphatic rings. The summed E-state index contributed by atoms with van der Waals surface area (Å²) in [6.45, 7) is 4.11. The number of hydrogen-bond donors (Lipinski definition) is 1. The Hall–Kier alpha value is -3.09. The Morgan fingerprint density at radius 1 is 1.17 bits per heavy atom. The van der Waals surface area contributed by atoms with Crippen LogP contribution in [0.3, 0.4) is 0 Å². The third-order valence-corrected chi connectivity index (χ3v) is 4.80. The average molecular weight is 402 g/mol. The molecule has 1 heterocycles. The van der Waals surface area contributed by atoms with E-state index in [1.807, 2.05) is 13.0 Å². The maximum atomic E-state index is 12.6. The van der Waals surface area contributed by atoms with Crippen molar-refractivity contribution < 1.29 is 22.8 Å². The van der Waals surface area contributed by atoms with E-state index in [9.17, 15) is 22.8 Å². The highest BCUT2D eigenvalue weighted by atomic mass is 19.4. The van der Waals surface area contributed by atoms with Crippen LogP contribution in [0.1, 0.15) is 40.4 Å². The van der Waals surface area contributed by atoms with Gasteiger partial charge in [0.15, 0.2) is 0 Å². The number of allylic oxidation sites excluding steroid dienone is 1. The van der Waals surface area contributed by atoms with Crippen molar-refractivity contribution in [3.05, 3.63) is 64.7 Å². The smallest absolute Gasteiger partial charge is 0.322 e. The second kappa shape index (κ2) is 8.11. The maximum absolute atomic E-state index is 12.6. The summed E-state index contributed by atoms with van der Waals surface area (Å²) < 4.78 is 36.9. The van der Waals surface area contributed by atoms with Gasteiger partial charge in [0.25, 0.3) is 5.91 Å². The lowest BCUT2D eigenvalue weighted by atomic mass is 10.0. The number of carbonyl (C=O) groups is 2. The average Bonchev–Trinajstić information content (AvgIpc) is 3.08. The van der Waals surface area contributed by atoms with Crippen molar-refractivity contribution in [1.29, 1.82) is 0 Å².